The fourth-order valence-electron chi connectivity index (χ4n) is 6.45. The van der Waals surface area contributed by atoms with Gasteiger partial charge in [-0.2, -0.15) is 0 Å². The summed E-state index contributed by atoms with van der Waals surface area (Å²) < 4.78 is 10.2. The molecule has 50 heavy (non-hydrogen) atoms. The van der Waals surface area contributed by atoms with Gasteiger partial charge in [0.1, 0.15) is 24.0 Å². The summed E-state index contributed by atoms with van der Waals surface area (Å²) >= 11 is 0. The fraction of sp³-hybridized carbons (Fsp3) is 0.175. The molecule has 0 radical (unpaired) electrons. The van der Waals surface area contributed by atoms with Gasteiger partial charge >= 0.3 is 5.97 Å². The summed E-state index contributed by atoms with van der Waals surface area (Å²) in [5.74, 6) is 1.58. The predicted molar refractivity (Wildman–Crippen MR) is 192 cm³/mol. The first-order chi connectivity index (χ1) is 24.3. The predicted octanol–water partition coefficient (Wildman–Crippen LogP) is 8.49. The number of aryl methyl sites for hydroxylation is 3. The van der Waals surface area contributed by atoms with E-state index in [1.807, 2.05) is 42.5 Å². The van der Waals surface area contributed by atoms with Crippen molar-refractivity contribution >= 4 is 28.0 Å². The Hall–Kier alpha value is -6.29. The van der Waals surface area contributed by atoms with Crippen LogP contribution < -0.4 is 4.74 Å². The average molecular weight is 666 g/mol. The Bertz CT molecular complexity index is 2370. The monoisotopic (exact) mass is 665 g/mol. The van der Waals surface area contributed by atoms with Gasteiger partial charge in [-0.25, -0.2) is 14.8 Å². The number of rotatable bonds is 11. The molecule has 0 fully saturated rings. The maximum atomic E-state index is 13.4. The number of fused-ring (bicyclic) bond motifs is 2. The van der Waals surface area contributed by atoms with Gasteiger partial charge in [-0.1, -0.05) is 79.7 Å². The minimum absolute atomic E-state index is 0.203. The molecule has 0 bridgehead atoms. The molecule has 0 amide bonds. The first-order valence-corrected chi connectivity index (χ1v) is 16.5. The standard InChI is InChI=1S/C40H35N5O5/c1-4-11-37-42-38-26(2)22-30(39-41-33-15-8-9-16-34(33)43(39)3)23-35(38)44(37)24-27-18-20-28(21-19-27)31-13-6-7-14-32(31)40(46)50-36-17-10-5-12-29(36)25-49-45(47)48/h5-10,12-23H,4,11,24-25H2,1-3H3. The Morgan fingerprint density at radius 2 is 1.60 bits per heavy atom. The van der Waals surface area contributed by atoms with Crippen molar-refractivity contribution in [2.45, 2.75) is 39.8 Å². The molecule has 10 heteroatoms. The number of nitrogens with zero attached hydrogens (tertiary/aromatic N) is 5. The average Bonchev–Trinajstić information content (AvgIpc) is 3.65. The number of imidazole rings is 2. The number of carbonyl (C=O) groups is 1. The normalized spacial score (nSPS) is 11.3. The molecule has 0 aliphatic rings. The van der Waals surface area contributed by atoms with Gasteiger partial charge in [-0.15, -0.1) is 10.1 Å². The van der Waals surface area contributed by atoms with Gasteiger partial charge in [0.05, 0.1) is 27.6 Å². The lowest BCUT2D eigenvalue weighted by Crippen LogP contribution is -2.12. The third-order valence-corrected chi connectivity index (χ3v) is 8.90. The van der Waals surface area contributed by atoms with Gasteiger partial charge < -0.3 is 18.7 Å². The van der Waals surface area contributed by atoms with Crippen molar-refractivity contribution in [2.24, 2.45) is 7.05 Å². The summed E-state index contributed by atoms with van der Waals surface area (Å²) in [5.41, 5.74) is 9.69. The summed E-state index contributed by atoms with van der Waals surface area (Å²) in [5, 5.41) is 9.86. The number of carbonyl (C=O) groups excluding carboxylic acids is 1. The van der Waals surface area contributed by atoms with E-state index in [9.17, 15) is 14.9 Å². The molecule has 0 spiro atoms. The third-order valence-electron chi connectivity index (χ3n) is 8.90. The van der Waals surface area contributed by atoms with Crippen molar-refractivity contribution in [3.63, 3.8) is 0 Å². The maximum absolute atomic E-state index is 13.4. The van der Waals surface area contributed by atoms with Crippen molar-refractivity contribution < 1.29 is 19.5 Å². The second kappa shape index (κ2) is 13.7. The van der Waals surface area contributed by atoms with Crippen molar-refractivity contribution in [2.75, 3.05) is 0 Å². The van der Waals surface area contributed by atoms with Gasteiger partial charge in [-0.3, -0.25) is 0 Å². The smallest absolute Gasteiger partial charge is 0.344 e. The first kappa shape index (κ1) is 32.3. The van der Waals surface area contributed by atoms with Crippen LogP contribution in [0.2, 0.25) is 0 Å². The van der Waals surface area contributed by atoms with Crippen LogP contribution in [0.3, 0.4) is 0 Å². The number of benzene rings is 5. The summed E-state index contributed by atoms with van der Waals surface area (Å²) in [4.78, 5) is 38.7. The summed E-state index contributed by atoms with van der Waals surface area (Å²) in [6, 6.07) is 34.5. The molecule has 0 atom stereocenters. The highest BCUT2D eigenvalue weighted by Crippen LogP contribution is 2.32. The molecule has 10 nitrogen and oxygen atoms in total. The van der Waals surface area contributed by atoms with Crippen LogP contribution in [0.1, 0.15) is 46.2 Å². The van der Waals surface area contributed by atoms with Crippen LogP contribution >= 0.6 is 0 Å². The van der Waals surface area contributed by atoms with Gasteiger partial charge in [-0.05, 0) is 72.0 Å². The van der Waals surface area contributed by atoms with E-state index in [-0.39, 0.29) is 12.4 Å². The molecule has 250 valence electrons. The number of hydrogen-bond acceptors (Lipinski definition) is 7. The highest BCUT2D eigenvalue weighted by molar-refractivity contribution is 5.98. The van der Waals surface area contributed by atoms with Gasteiger partial charge in [0.15, 0.2) is 0 Å². The van der Waals surface area contributed by atoms with Crippen LogP contribution in [0, 0.1) is 17.0 Å². The molecule has 2 heterocycles. The van der Waals surface area contributed by atoms with E-state index in [1.165, 1.54) is 0 Å². The van der Waals surface area contributed by atoms with E-state index in [0.717, 1.165) is 68.8 Å². The van der Waals surface area contributed by atoms with Crippen LogP contribution in [0.15, 0.2) is 109 Å². The van der Waals surface area contributed by atoms with E-state index in [0.29, 0.717) is 23.2 Å². The molecule has 0 saturated heterocycles. The van der Waals surface area contributed by atoms with E-state index >= 15 is 0 Å². The molecular weight excluding hydrogens is 630 g/mol. The van der Waals surface area contributed by atoms with Gasteiger partial charge in [0, 0.05) is 31.1 Å². The molecule has 5 aromatic carbocycles. The van der Waals surface area contributed by atoms with Crippen LogP contribution in [0.5, 0.6) is 5.75 Å². The Balaban J connectivity index is 1.18. The lowest BCUT2D eigenvalue weighted by Gasteiger charge is -2.13. The molecule has 0 N–H and O–H groups in total. The van der Waals surface area contributed by atoms with Crippen LogP contribution in [0.25, 0.3) is 44.6 Å². The Labute approximate surface area is 288 Å². The third kappa shape index (κ3) is 6.30. The SMILES string of the molecule is CCCc1nc2c(C)cc(-c3nc4ccccc4n3C)cc2n1Cc1ccc(-c2ccccc2C(=O)Oc2ccccc2CO[N+](=O)[O-])cc1. The lowest BCUT2D eigenvalue weighted by molar-refractivity contribution is -0.763. The second-order valence-electron chi connectivity index (χ2n) is 12.2. The van der Waals surface area contributed by atoms with Crippen molar-refractivity contribution in [1.82, 2.24) is 19.1 Å². The highest BCUT2D eigenvalue weighted by atomic mass is 16.9. The number of para-hydroxylation sites is 3. The van der Waals surface area contributed by atoms with Crippen LogP contribution in [0.4, 0.5) is 0 Å². The maximum Gasteiger partial charge on any atom is 0.344 e. The minimum atomic E-state index is -0.876. The Morgan fingerprint density at radius 1 is 0.860 bits per heavy atom. The van der Waals surface area contributed by atoms with E-state index in [1.54, 1.807) is 36.4 Å². The first-order valence-electron chi connectivity index (χ1n) is 16.5. The summed E-state index contributed by atoms with van der Waals surface area (Å²) in [6.45, 7) is 4.58. The van der Waals surface area contributed by atoms with Crippen molar-refractivity contribution in [3.8, 4) is 28.3 Å². The van der Waals surface area contributed by atoms with Gasteiger partial charge in [0.2, 0.25) is 0 Å². The second-order valence-corrected chi connectivity index (χ2v) is 12.2. The molecule has 0 saturated carbocycles. The lowest BCUT2D eigenvalue weighted by atomic mass is 9.98. The molecule has 0 aliphatic carbocycles. The highest BCUT2D eigenvalue weighted by Gasteiger charge is 2.19. The quantitative estimate of drug-likeness (QED) is 0.0589. The van der Waals surface area contributed by atoms with Crippen molar-refractivity contribution in [3.05, 3.63) is 147 Å². The van der Waals surface area contributed by atoms with E-state index in [4.69, 9.17) is 14.7 Å². The summed E-state index contributed by atoms with van der Waals surface area (Å²) in [7, 11) is 2.05. The van der Waals surface area contributed by atoms with E-state index in [2.05, 4.69) is 65.2 Å². The summed E-state index contributed by atoms with van der Waals surface area (Å²) in [6.07, 6.45) is 1.82. The fourth-order valence-corrected chi connectivity index (χ4v) is 6.45. The number of ether oxygens (including phenoxy) is 1. The minimum Gasteiger partial charge on any atom is -0.423 e. The van der Waals surface area contributed by atoms with Crippen LogP contribution in [-0.4, -0.2) is 30.2 Å². The molecule has 0 aliphatic heterocycles. The number of esters is 1. The molecule has 2 aromatic heterocycles. The Kier molecular flexibility index (Phi) is 8.83. The zero-order chi connectivity index (χ0) is 34.8. The molecule has 7 aromatic rings. The zero-order valence-corrected chi connectivity index (χ0v) is 28.0. The number of hydrogen-bond donors (Lipinski definition) is 0. The van der Waals surface area contributed by atoms with Gasteiger partial charge in [0.25, 0.3) is 5.09 Å². The topological polar surface area (TPSA) is 114 Å². The van der Waals surface area contributed by atoms with Crippen LogP contribution in [-0.2, 0) is 31.5 Å². The molecule has 7 rings (SSSR count). The molecule has 0 unspecified atom stereocenters. The number of aromatic nitrogens is 4. The molecular formula is C40H35N5O5. The zero-order valence-electron chi connectivity index (χ0n) is 28.0. The van der Waals surface area contributed by atoms with E-state index < -0.39 is 11.1 Å². The van der Waals surface area contributed by atoms with Crippen molar-refractivity contribution in [1.29, 1.82) is 0 Å². The largest absolute Gasteiger partial charge is 0.423 e. The Morgan fingerprint density at radius 3 is 2.38 bits per heavy atom.